The molecule has 0 unspecified atom stereocenters. The van der Waals surface area contributed by atoms with Crippen LogP contribution in [-0.2, 0) is 6.54 Å². The second-order valence-corrected chi connectivity index (χ2v) is 6.18. The molecule has 0 aliphatic heterocycles. The molecular formula is C17H16N4O2S. The summed E-state index contributed by atoms with van der Waals surface area (Å²) in [6.07, 6.45) is 4.74. The number of urea groups is 1. The predicted octanol–water partition coefficient (Wildman–Crippen LogP) is 3.85. The van der Waals surface area contributed by atoms with Gasteiger partial charge in [0.25, 0.3) is 0 Å². The molecule has 24 heavy (non-hydrogen) atoms. The number of aromatic nitrogens is 2. The Kier molecular flexibility index (Phi) is 5.12. The SMILES string of the molecule is Cc1ccc(Sc2ccc(NC(=O)NCc3cnco3)cc2)cn1. The zero-order valence-corrected chi connectivity index (χ0v) is 13.8. The molecule has 122 valence electrons. The van der Waals surface area contributed by atoms with Crippen molar-refractivity contribution in [1.29, 1.82) is 0 Å². The van der Waals surface area contributed by atoms with Gasteiger partial charge >= 0.3 is 6.03 Å². The van der Waals surface area contributed by atoms with Crippen molar-refractivity contribution in [3.8, 4) is 0 Å². The minimum atomic E-state index is -0.297. The Morgan fingerprint density at radius 3 is 2.58 bits per heavy atom. The summed E-state index contributed by atoms with van der Waals surface area (Å²) in [6.45, 7) is 2.25. The molecule has 1 aromatic carbocycles. The summed E-state index contributed by atoms with van der Waals surface area (Å²) in [4.78, 5) is 22.0. The third kappa shape index (κ3) is 4.60. The van der Waals surface area contributed by atoms with Gasteiger partial charge in [0, 0.05) is 27.4 Å². The number of hydrogen-bond donors (Lipinski definition) is 2. The quantitative estimate of drug-likeness (QED) is 0.737. The van der Waals surface area contributed by atoms with Crippen LogP contribution in [0.3, 0.4) is 0 Å². The lowest BCUT2D eigenvalue weighted by Crippen LogP contribution is -2.27. The molecule has 2 heterocycles. The summed E-state index contributed by atoms with van der Waals surface area (Å²) in [5.74, 6) is 0.601. The first-order valence-corrected chi connectivity index (χ1v) is 8.13. The van der Waals surface area contributed by atoms with Crippen molar-refractivity contribution in [2.45, 2.75) is 23.3 Å². The van der Waals surface area contributed by atoms with E-state index in [2.05, 4.69) is 20.6 Å². The molecule has 2 aromatic heterocycles. The number of aryl methyl sites for hydroxylation is 1. The fourth-order valence-electron chi connectivity index (χ4n) is 1.93. The van der Waals surface area contributed by atoms with Gasteiger partial charge in [-0.2, -0.15) is 0 Å². The van der Waals surface area contributed by atoms with Crippen molar-refractivity contribution in [3.63, 3.8) is 0 Å². The van der Waals surface area contributed by atoms with E-state index in [9.17, 15) is 4.79 Å². The molecule has 7 heteroatoms. The van der Waals surface area contributed by atoms with E-state index in [-0.39, 0.29) is 6.03 Å². The summed E-state index contributed by atoms with van der Waals surface area (Å²) in [5, 5.41) is 5.47. The highest BCUT2D eigenvalue weighted by atomic mass is 32.2. The smallest absolute Gasteiger partial charge is 0.319 e. The highest BCUT2D eigenvalue weighted by Gasteiger charge is 2.04. The average Bonchev–Trinajstić information content (AvgIpc) is 3.10. The molecule has 0 bridgehead atoms. The van der Waals surface area contributed by atoms with E-state index in [0.717, 1.165) is 21.2 Å². The fraction of sp³-hybridized carbons (Fsp3) is 0.118. The van der Waals surface area contributed by atoms with E-state index in [1.54, 1.807) is 18.0 Å². The van der Waals surface area contributed by atoms with Crippen LogP contribution in [0.2, 0.25) is 0 Å². The summed E-state index contributed by atoms with van der Waals surface area (Å²) in [7, 11) is 0. The molecule has 0 spiro atoms. The lowest BCUT2D eigenvalue weighted by molar-refractivity contribution is 0.251. The first kappa shape index (κ1) is 16.1. The number of amides is 2. The summed E-state index contributed by atoms with van der Waals surface area (Å²) >= 11 is 1.62. The van der Waals surface area contributed by atoms with Crippen molar-refractivity contribution in [2.75, 3.05) is 5.32 Å². The molecular weight excluding hydrogens is 324 g/mol. The Balaban J connectivity index is 1.52. The van der Waals surface area contributed by atoms with E-state index < -0.39 is 0 Å². The van der Waals surface area contributed by atoms with Crippen LogP contribution in [0, 0.1) is 6.92 Å². The second kappa shape index (κ2) is 7.65. The lowest BCUT2D eigenvalue weighted by atomic mass is 10.3. The second-order valence-electron chi connectivity index (χ2n) is 5.04. The Labute approximate surface area is 143 Å². The molecule has 0 saturated heterocycles. The van der Waals surface area contributed by atoms with Crippen LogP contribution < -0.4 is 10.6 Å². The average molecular weight is 340 g/mol. The van der Waals surface area contributed by atoms with Gasteiger partial charge in [-0.1, -0.05) is 11.8 Å². The molecule has 3 rings (SSSR count). The van der Waals surface area contributed by atoms with E-state index in [1.165, 1.54) is 6.39 Å². The molecule has 6 nitrogen and oxygen atoms in total. The predicted molar refractivity (Wildman–Crippen MR) is 91.9 cm³/mol. The Morgan fingerprint density at radius 2 is 1.92 bits per heavy atom. The molecule has 0 fully saturated rings. The number of nitrogens with one attached hydrogen (secondary N) is 2. The van der Waals surface area contributed by atoms with Crippen LogP contribution in [0.5, 0.6) is 0 Å². The van der Waals surface area contributed by atoms with Gasteiger partial charge in [0.15, 0.2) is 6.39 Å². The molecule has 0 aliphatic rings. The number of hydrogen-bond acceptors (Lipinski definition) is 5. The number of oxazole rings is 1. The van der Waals surface area contributed by atoms with Gasteiger partial charge in [0.05, 0.1) is 12.7 Å². The van der Waals surface area contributed by atoms with E-state index in [1.807, 2.05) is 49.5 Å². The number of benzene rings is 1. The number of carbonyl (C=O) groups is 1. The molecule has 0 aliphatic carbocycles. The first-order valence-electron chi connectivity index (χ1n) is 7.32. The number of anilines is 1. The zero-order chi connectivity index (χ0) is 16.8. The minimum absolute atomic E-state index is 0.292. The number of pyridine rings is 1. The van der Waals surface area contributed by atoms with Crippen LogP contribution in [-0.4, -0.2) is 16.0 Å². The molecule has 2 N–H and O–H groups in total. The Hall–Kier alpha value is -2.80. The third-order valence-electron chi connectivity index (χ3n) is 3.14. The molecule has 0 atom stereocenters. The first-order chi connectivity index (χ1) is 11.7. The third-order valence-corrected chi connectivity index (χ3v) is 4.12. The maximum absolute atomic E-state index is 11.8. The number of carbonyl (C=O) groups excluding carboxylic acids is 1. The largest absolute Gasteiger partial charge is 0.447 e. The topological polar surface area (TPSA) is 80.0 Å². The van der Waals surface area contributed by atoms with E-state index in [0.29, 0.717) is 12.3 Å². The molecule has 0 radical (unpaired) electrons. The number of rotatable bonds is 5. The molecule has 3 aromatic rings. The van der Waals surface area contributed by atoms with Crippen LogP contribution in [0.1, 0.15) is 11.5 Å². The van der Waals surface area contributed by atoms with Crippen LogP contribution in [0.25, 0.3) is 0 Å². The van der Waals surface area contributed by atoms with Gasteiger partial charge in [-0.05, 0) is 43.3 Å². The van der Waals surface area contributed by atoms with Gasteiger partial charge in [0.2, 0.25) is 0 Å². The van der Waals surface area contributed by atoms with E-state index in [4.69, 9.17) is 4.42 Å². The monoisotopic (exact) mass is 340 g/mol. The Bertz CT molecular complexity index is 786. The highest BCUT2D eigenvalue weighted by molar-refractivity contribution is 7.99. The van der Waals surface area contributed by atoms with Crippen molar-refractivity contribution in [3.05, 3.63) is 66.6 Å². The maximum atomic E-state index is 11.8. The van der Waals surface area contributed by atoms with Crippen LogP contribution in [0.15, 0.2) is 69.4 Å². The molecule has 2 amide bonds. The van der Waals surface area contributed by atoms with Gasteiger partial charge in [0.1, 0.15) is 5.76 Å². The highest BCUT2D eigenvalue weighted by Crippen LogP contribution is 2.27. The van der Waals surface area contributed by atoms with Crippen molar-refractivity contribution >= 4 is 23.5 Å². The standard InChI is InChI=1S/C17H16N4O2S/c1-12-2-5-16(10-19-12)24-15-6-3-13(4-7-15)21-17(22)20-9-14-8-18-11-23-14/h2-8,10-11H,9H2,1H3,(H2,20,21,22). The number of nitrogens with zero attached hydrogens (tertiary/aromatic N) is 2. The maximum Gasteiger partial charge on any atom is 0.319 e. The van der Waals surface area contributed by atoms with Gasteiger partial charge in [-0.3, -0.25) is 4.98 Å². The van der Waals surface area contributed by atoms with Crippen molar-refractivity contribution in [1.82, 2.24) is 15.3 Å². The van der Waals surface area contributed by atoms with Crippen LogP contribution >= 0.6 is 11.8 Å². The summed E-state index contributed by atoms with van der Waals surface area (Å²) < 4.78 is 5.05. The summed E-state index contributed by atoms with van der Waals surface area (Å²) in [6, 6.07) is 11.4. The van der Waals surface area contributed by atoms with Gasteiger partial charge < -0.3 is 15.1 Å². The fourth-order valence-corrected chi connectivity index (χ4v) is 2.71. The van der Waals surface area contributed by atoms with Crippen LogP contribution in [0.4, 0.5) is 10.5 Å². The van der Waals surface area contributed by atoms with Gasteiger partial charge in [-0.25, -0.2) is 9.78 Å². The van der Waals surface area contributed by atoms with Crippen molar-refractivity contribution < 1.29 is 9.21 Å². The summed E-state index contributed by atoms with van der Waals surface area (Å²) in [5.41, 5.74) is 1.71. The lowest BCUT2D eigenvalue weighted by Gasteiger charge is -2.07. The van der Waals surface area contributed by atoms with E-state index >= 15 is 0 Å². The zero-order valence-electron chi connectivity index (χ0n) is 13.0. The normalized spacial score (nSPS) is 10.4. The minimum Gasteiger partial charge on any atom is -0.447 e. The molecule has 0 saturated carbocycles. The van der Waals surface area contributed by atoms with Crippen molar-refractivity contribution in [2.24, 2.45) is 0 Å². The Morgan fingerprint density at radius 1 is 1.12 bits per heavy atom. The van der Waals surface area contributed by atoms with Gasteiger partial charge in [-0.15, -0.1) is 0 Å².